The molecule has 0 aliphatic heterocycles. The number of nitrogens with one attached hydrogen (secondary N) is 1. The van der Waals surface area contributed by atoms with Gasteiger partial charge in [-0.1, -0.05) is 18.6 Å². The fourth-order valence-corrected chi connectivity index (χ4v) is 2.56. The third-order valence-electron chi connectivity index (χ3n) is 3.62. The van der Waals surface area contributed by atoms with Gasteiger partial charge in [-0.3, -0.25) is 4.79 Å². The van der Waals surface area contributed by atoms with E-state index in [1.165, 1.54) is 12.1 Å². The van der Waals surface area contributed by atoms with Crippen LogP contribution >= 0.6 is 0 Å². The zero-order chi connectivity index (χ0) is 16.2. The minimum atomic E-state index is -4.42. The molecule has 2 atom stereocenters. The third-order valence-corrected chi connectivity index (χ3v) is 3.62. The summed E-state index contributed by atoms with van der Waals surface area (Å²) in [4.78, 5) is 12.2. The second kappa shape index (κ2) is 7.00. The number of alkyl halides is 3. The molecule has 1 fully saturated rings. The van der Waals surface area contributed by atoms with Crippen LogP contribution in [0.3, 0.4) is 0 Å². The summed E-state index contributed by atoms with van der Waals surface area (Å²) >= 11 is 0. The average Bonchev–Trinajstić information content (AvgIpc) is 2.45. The van der Waals surface area contributed by atoms with E-state index in [4.69, 9.17) is 10.5 Å². The summed E-state index contributed by atoms with van der Waals surface area (Å²) in [6.45, 7) is -1.39. The highest BCUT2D eigenvalue weighted by Gasteiger charge is 2.29. The lowest BCUT2D eigenvalue weighted by Crippen LogP contribution is -2.34. The van der Waals surface area contributed by atoms with Gasteiger partial charge in [0, 0.05) is 12.0 Å². The summed E-state index contributed by atoms with van der Waals surface area (Å²) in [6.07, 6.45) is -1.31. The Bertz CT molecular complexity index is 520. The maximum Gasteiger partial charge on any atom is 0.422 e. The number of benzene rings is 1. The highest BCUT2D eigenvalue weighted by atomic mass is 19.4. The molecule has 1 aromatic carbocycles. The summed E-state index contributed by atoms with van der Waals surface area (Å²) in [7, 11) is 0. The SMILES string of the molecule is NC1CCCC(C(=O)Nc2ccccc2OCC(F)(F)F)C1. The Balaban J connectivity index is 2.01. The first-order valence-corrected chi connectivity index (χ1v) is 7.20. The Hall–Kier alpha value is -1.76. The first-order valence-electron chi connectivity index (χ1n) is 7.20. The quantitative estimate of drug-likeness (QED) is 0.897. The predicted molar refractivity (Wildman–Crippen MR) is 76.6 cm³/mol. The number of ether oxygens (including phenoxy) is 1. The van der Waals surface area contributed by atoms with Crippen LogP contribution in [0.15, 0.2) is 24.3 Å². The molecule has 1 aliphatic rings. The first kappa shape index (κ1) is 16.6. The number of carbonyl (C=O) groups excluding carboxylic acids is 1. The van der Waals surface area contributed by atoms with Crippen LogP contribution in [0.25, 0.3) is 0 Å². The third kappa shape index (κ3) is 4.91. The van der Waals surface area contributed by atoms with Gasteiger partial charge in [-0.2, -0.15) is 13.2 Å². The summed E-state index contributed by atoms with van der Waals surface area (Å²) < 4.78 is 41.5. The van der Waals surface area contributed by atoms with Gasteiger partial charge in [0.1, 0.15) is 5.75 Å². The van der Waals surface area contributed by atoms with Crippen LogP contribution in [0.2, 0.25) is 0 Å². The van der Waals surface area contributed by atoms with Gasteiger partial charge in [0.2, 0.25) is 5.91 Å². The number of hydrogen-bond donors (Lipinski definition) is 2. The number of rotatable bonds is 4. The average molecular weight is 316 g/mol. The molecule has 0 aromatic heterocycles. The molecule has 1 amide bonds. The van der Waals surface area contributed by atoms with E-state index in [2.05, 4.69) is 5.32 Å². The minimum absolute atomic E-state index is 0.00113. The lowest BCUT2D eigenvalue weighted by molar-refractivity contribution is -0.153. The zero-order valence-corrected chi connectivity index (χ0v) is 12.0. The molecule has 2 rings (SSSR count). The zero-order valence-electron chi connectivity index (χ0n) is 12.0. The standard InChI is InChI=1S/C15H19F3N2O2/c16-15(17,18)9-22-13-7-2-1-6-12(13)20-14(21)10-4-3-5-11(19)8-10/h1-2,6-7,10-11H,3-5,8-9,19H2,(H,20,21). The molecule has 0 bridgehead atoms. The topological polar surface area (TPSA) is 64.4 Å². The van der Waals surface area contributed by atoms with Crippen LogP contribution in [0.5, 0.6) is 5.75 Å². The Kier molecular flexibility index (Phi) is 5.28. The number of amides is 1. The number of nitrogens with two attached hydrogens (primary N) is 1. The van der Waals surface area contributed by atoms with Crippen LogP contribution in [0.1, 0.15) is 25.7 Å². The molecule has 22 heavy (non-hydrogen) atoms. The molecule has 4 nitrogen and oxygen atoms in total. The molecule has 0 spiro atoms. The van der Waals surface area contributed by atoms with E-state index in [9.17, 15) is 18.0 Å². The summed E-state index contributed by atoms with van der Waals surface area (Å²) in [5.74, 6) is -0.425. The van der Waals surface area contributed by atoms with E-state index >= 15 is 0 Å². The largest absolute Gasteiger partial charge is 0.482 e. The highest BCUT2D eigenvalue weighted by Crippen LogP contribution is 2.29. The Morgan fingerprint density at radius 3 is 2.73 bits per heavy atom. The first-order chi connectivity index (χ1) is 10.3. The smallest absolute Gasteiger partial charge is 0.422 e. The van der Waals surface area contributed by atoms with Crippen LogP contribution in [0, 0.1) is 5.92 Å². The number of halogens is 3. The molecule has 1 aromatic rings. The molecular weight excluding hydrogens is 297 g/mol. The van der Waals surface area contributed by atoms with Gasteiger partial charge in [0.25, 0.3) is 0 Å². The van der Waals surface area contributed by atoms with Crippen LogP contribution in [-0.4, -0.2) is 24.7 Å². The number of carbonyl (C=O) groups is 1. The van der Waals surface area contributed by atoms with Crippen LogP contribution in [0.4, 0.5) is 18.9 Å². The van der Waals surface area contributed by atoms with Crippen molar-refractivity contribution in [2.75, 3.05) is 11.9 Å². The second-order valence-electron chi connectivity index (χ2n) is 5.51. The molecular formula is C15H19F3N2O2. The van der Waals surface area contributed by atoms with Gasteiger partial charge >= 0.3 is 6.18 Å². The maximum atomic E-state index is 12.2. The van der Waals surface area contributed by atoms with Crippen molar-refractivity contribution in [1.82, 2.24) is 0 Å². The number of para-hydroxylation sites is 2. The van der Waals surface area contributed by atoms with Gasteiger partial charge in [-0.05, 0) is 31.4 Å². The molecule has 7 heteroatoms. The maximum absolute atomic E-state index is 12.2. The molecule has 122 valence electrons. The number of hydrogen-bond acceptors (Lipinski definition) is 3. The lowest BCUT2D eigenvalue weighted by Gasteiger charge is -2.26. The van der Waals surface area contributed by atoms with Crippen molar-refractivity contribution >= 4 is 11.6 Å². The number of anilines is 1. The van der Waals surface area contributed by atoms with Gasteiger partial charge in [0.05, 0.1) is 5.69 Å². The Morgan fingerprint density at radius 2 is 2.05 bits per heavy atom. The van der Waals surface area contributed by atoms with E-state index in [0.29, 0.717) is 6.42 Å². The Morgan fingerprint density at radius 1 is 1.32 bits per heavy atom. The fourth-order valence-electron chi connectivity index (χ4n) is 2.56. The lowest BCUT2D eigenvalue weighted by atomic mass is 9.85. The van der Waals surface area contributed by atoms with Gasteiger partial charge in [0.15, 0.2) is 6.61 Å². The molecule has 0 heterocycles. The summed E-state index contributed by atoms with van der Waals surface area (Å²) in [5.41, 5.74) is 6.10. The summed E-state index contributed by atoms with van der Waals surface area (Å²) in [6, 6.07) is 6.10. The van der Waals surface area contributed by atoms with Crippen molar-refractivity contribution in [3.8, 4) is 5.75 Å². The Labute approximate surface area is 126 Å². The molecule has 3 N–H and O–H groups in total. The predicted octanol–water partition coefficient (Wildman–Crippen LogP) is 3.08. The van der Waals surface area contributed by atoms with Crippen LogP contribution < -0.4 is 15.8 Å². The van der Waals surface area contributed by atoms with E-state index in [-0.39, 0.29) is 29.3 Å². The molecule has 2 unspecified atom stereocenters. The van der Waals surface area contributed by atoms with E-state index in [0.717, 1.165) is 19.3 Å². The van der Waals surface area contributed by atoms with Gasteiger partial charge in [-0.25, -0.2) is 0 Å². The van der Waals surface area contributed by atoms with Crippen molar-refractivity contribution in [3.05, 3.63) is 24.3 Å². The fraction of sp³-hybridized carbons (Fsp3) is 0.533. The molecule has 1 aliphatic carbocycles. The molecule has 0 radical (unpaired) electrons. The minimum Gasteiger partial charge on any atom is -0.482 e. The molecule has 1 saturated carbocycles. The highest BCUT2D eigenvalue weighted by molar-refractivity contribution is 5.94. The molecule has 0 saturated heterocycles. The van der Waals surface area contributed by atoms with Crippen molar-refractivity contribution in [1.29, 1.82) is 0 Å². The van der Waals surface area contributed by atoms with Gasteiger partial charge in [-0.15, -0.1) is 0 Å². The second-order valence-corrected chi connectivity index (χ2v) is 5.51. The van der Waals surface area contributed by atoms with E-state index < -0.39 is 12.8 Å². The summed E-state index contributed by atoms with van der Waals surface area (Å²) in [5, 5.41) is 2.65. The van der Waals surface area contributed by atoms with E-state index in [1.807, 2.05) is 0 Å². The van der Waals surface area contributed by atoms with Crippen molar-refractivity contribution in [3.63, 3.8) is 0 Å². The van der Waals surface area contributed by atoms with Crippen molar-refractivity contribution in [2.24, 2.45) is 11.7 Å². The van der Waals surface area contributed by atoms with Gasteiger partial charge < -0.3 is 15.8 Å². The normalized spacial score (nSPS) is 22.2. The van der Waals surface area contributed by atoms with Crippen molar-refractivity contribution in [2.45, 2.75) is 37.9 Å². The monoisotopic (exact) mass is 316 g/mol. The van der Waals surface area contributed by atoms with E-state index in [1.54, 1.807) is 12.1 Å². The van der Waals surface area contributed by atoms with Crippen LogP contribution in [-0.2, 0) is 4.79 Å². The van der Waals surface area contributed by atoms with Crippen molar-refractivity contribution < 1.29 is 22.7 Å².